The molecule has 2 rings (SSSR count). The predicted octanol–water partition coefficient (Wildman–Crippen LogP) is 3.61. The number of unbranched alkanes of at least 4 members (excludes halogenated alkanes) is 1. The van der Waals surface area contributed by atoms with Crippen LogP contribution in [0.1, 0.15) is 19.8 Å². The van der Waals surface area contributed by atoms with E-state index < -0.39 is 0 Å². The summed E-state index contributed by atoms with van der Waals surface area (Å²) >= 11 is 0. The average molecular weight is 190 g/mol. The molecule has 2 nitrogen and oxygen atoms in total. The summed E-state index contributed by atoms with van der Waals surface area (Å²) in [5, 5.41) is 1.10. The molecule has 0 saturated carbocycles. The van der Waals surface area contributed by atoms with Gasteiger partial charge < -0.3 is 9.15 Å². The Hall–Kier alpha value is -1.44. The van der Waals surface area contributed by atoms with E-state index in [2.05, 4.69) is 6.92 Å². The van der Waals surface area contributed by atoms with Gasteiger partial charge in [0, 0.05) is 11.5 Å². The summed E-state index contributed by atoms with van der Waals surface area (Å²) in [5.41, 5.74) is 0.888. The van der Waals surface area contributed by atoms with Gasteiger partial charge in [0.05, 0.1) is 6.61 Å². The van der Waals surface area contributed by atoms with Crippen molar-refractivity contribution >= 4 is 11.0 Å². The van der Waals surface area contributed by atoms with E-state index in [1.54, 1.807) is 0 Å². The molecule has 0 radical (unpaired) electrons. The Balaban J connectivity index is 2.11. The maximum Gasteiger partial charge on any atom is 0.285 e. The summed E-state index contributed by atoms with van der Waals surface area (Å²) < 4.78 is 11.0. The highest BCUT2D eigenvalue weighted by molar-refractivity contribution is 5.78. The first-order valence-corrected chi connectivity index (χ1v) is 5.01. The Morgan fingerprint density at radius 3 is 2.93 bits per heavy atom. The molecule has 0 aliphatic heterocycles. The van der Waals surface area contributed by atoms with Gasteiger partial charge in [-0.05, 0) is 12.5 Å². The number of hydrogen-bond donors (Lipinski definition) is 0. The van der Waals surface area contributed by atoms with Crippen molar-refractivity contribution in [3.8, 4) is 5.95 Å². The largest absolute Gasteiger partial charge is 0.465 e. The molecule has 1 aromatic heterocycles. The summed E-state index contributed by atoms with van der Waals surface area (Å²) in [4.78, 5) is 0. The molecule has 0 atom stereocenters. The highest BCUT2D eigenvalue weighted by atomic mass is 16.6. The molecule has 2 aromatic rings. The lowest BCUT2D eigenvalue weighted by molar-refractivity contribution is 0.245. The first-order chi connectivity index (χ1) is 6.90. The normalized spacial score (nSPS) is 10.6. The van der Waals surface area contributed by atoms with Crippen molar-refractivity contribution in [2.24, 2.45) is 0 Å². The van der Waals surface area contributed by atoms with E-state index in [0.717, 1.165) is 30.4 Å². The standard InChI is InChI=1S/C12H14O2/c1-2-3-8-13-12-9-10-6-4-5-7-11(10)14-12/h4-7,9H,2-3,8H2,1H3. The Labute approximate surface area is 83.5 Å². The van der Waals surface area contributed by atoms with Crippen molar-refractivity contribution in [2.75, 3.05) is 6.61 Å². The SMILES string of the molecule is CCCCOc1cc2ccccc2o1. The molecule has 1 aromatic carbocycles. The van der Waals surface area contributed by atoms with E-state index >= 15 is 0 Å². The van der Waals surface area contributed by atoms with E-state index in [4.69, 9.17) is 9.15 Å². The van der Waals surface area contributed by atoms with Crippen molar-refractivity contribution in [1.29, 1.82) is 0 Å². The summed E-state index contributed by atoms with van der Waals surface area (Å²) in [7, 11) is 0. The van der Waals surface area contributed by atoms with E-state index in [0.29, 0.717) is 5.95 Å². The van der Waals surface area contributed by atoms with Crippen LogP contribution in [-0.2, 0) is 0 Å². The van der Waals surface area contributed by atoms with E-state index in [9.17, 15) is 0 Å². The van der Waals surface area contributed by atoms with Crippen LogP contribution in [0.3, 0.4) is 0 Å². The number of hydrogen-bond acceptors (Lipinski definition) is 2. The quantitative estimate of drug-likeness (QED) is 0.687. The zero-order valence-corrected chi connectivity index (χ0v) is 8.32. The van der Waals surface area contributed by atoms with Crippen molar-refractivity contribution < 1.29 is 9.15 Å². The van der Waals surface area contributed by atoms with Gasteiger partial charge in [0.2, 0.25) is 0 Å². The molecule has 1 heterocycles. The minimum atomic E-state index is 0.625. The van der Waals surface area contributed by atoms with Crippen LogP contribution in [0.5, 0.6) is 5.95 Å². The first-order valence-electron chi connectivity index (χ1n) is 5.01. The van der Waals surface area contributed by atoms with Crippen LogP contribution in [0.2, 0.25) is 0 Å². The first kappa shape index (κ1) is 9.13. The fourth-order valence-electron chi connectivity index (χ4n) is 1.35. The zero-order valence-electron chi connectivity index (χ0n) is 8.32. The van der Waals surface area contributed by atoms with Crippen LogP contribution < -0.4 is 4.74 Å². The molecule has 2 heteroatoms. The third kappa shape index (κ3) is 1.90. The third-order valence-electron chi connectivity index (χ3n) is 2.15. The second-order valence-electron chi connectivity index (χ2n) is 3.31. The number of furan rings is 1. The summed E-state index contributed by atoms with van der Waals surface area (Å²) in [6.07, 6.45) is 2.21. The average Bonchev–Trinajstić information content (AvgIpc) is 2.60. The number of benzene rings is 1. The molecule has 0 aliphatic rings. The maximum atomic E-state index is 5.49. The van der Waals surface area contributed by atoms with Crippen molar-refractivity contribution in [3.63, 3.8) is 0 Å². The molecule has 0 bridgehead atoms. The monoisotopic (exact) mass is 190 g/mol. The fourth-order valence-corrected chi connectivity index (χ4v) is 1.35. The lowest BCUT2D eigenvalue weighted by Crippen LogP contribution is -1.94. The van der Waals surface area contributed by atoms with Gasteiger partial charge in [-0.15, -0.1) is 0 Å². The van der Waals surface area contributed by atoms with Gasteiger partial charge in [-0.1, -0.05) is 31.5 Å². The molecule has 0 unspecified atom stereocenters. The predicted molar refractivity (Wildman–Crippen MR) is 56.6 cm³/mol. The Kier molecular flexibility index (Phi) is 2.73. The molecule has 0 amide bonds. The van der Waals surface area contributed by atoms with Crippen molar-refractivity contribution in [1.82, 2.24) is 0 Å². The van der Waals surface area contributed by atoms with Crippen LogP contribution in [0.4, 0.5) is 0 Å². The molecule has 0 spiro atoms. The number of rotatable bonds is 4. The summed E-state index contributed by atoms with van der Waals surface area (Å²) in [6, 6.07) is 9.86. The van der Waals surface area contributed by atoms with Crippen LogP contribution in [0.15, 0.2) is 34.7 Å². The number of ether oxygens (including phenoxy) is 1. The van der Waals surface area contributed by atoms with E-state index in [1.807, 2.05) is 30.3 Å². The van der Waals surface area contributed by atoms with Crippen LogP contribution in [-0.4, -0.2) is 6.61 Å². The summed E-state index contributed by atoms with van der Waals surface area (Å²) in [5.74, 6) is 0.625. The highest BCUT2D eigenvalue weighted by Gasteiger charge is 2.02. The van der Waals surface area contributed by atoms with Crippen LogP contribution in [0.25, 0.3) is 11.0 Å². The van der Waals surface area contributed by atoms with Crippen LogP contribution >= 0.6 is 0 Å². The molecular weight excluding hydrogens is 176 g/mol. The van der Waals surface area contributed by atoms with Crippen molar-refractivity contribution in [2.45, 2.75) is 19.8 Å². The summed E-state index contributed by atoms with van der Waals surface area (Å²) in [6.45, 7) is 2.87. The lowest BCUT2D eigenvalue weighted by Gasteiger charge is -1.98. The molecule has 14 heavy (non-hydrogen) atoms. The number of fused-ring (bicyclic) bond motifs is 1. The number of para-hydroxylation sites is 1. The third-order valence-corrected chi connectivity index (χ3v) is 2.15. The van der Waals surface area contributed by atoms with E-state index in [-0.39, 0.29) is 0 Å². The Morgan fingerprint density at radius 2 is 2.14 bits per heavy atom. The molecule has 74 valence electrons. The van der Waals surface area contributed by atoms with Gasteiger partial charge in [0.25, 0.3) is 5.95 Å². The second kappa shape index (κ2) is 4.18. The zero-order chi connectivity index (χ0) is 9.80. The molecule has 0 fully saturated rings. The fraction of sp³-hybridized carbons (Fsp3) is 0.333. The minimum absolute atomic E-state index is 0.625. The second-order valence-corrected chi connectivity index (χ2v) is 3.31. The molecular formula is C12H14O2. The van der Waals surface area contributed by atoms with Crippen molar-refractivity contribution in [3.05, 3.63) is 30.3 Å². The van der Waals surface area contributed by atoms with Gasteiger partial charge in [0.1, 0.15) is 5.58 Å². The van der Waals surface area contributed by atoms with Gasteiger partial charge in [-0.3, -0.25) is 0 Å². The molecule has 0 saturated heterocycles. The van der Waals surface area contributed by atoms with Gasteiger partial charge in [0.15, 0.2) is 0 Å². The Morgan fingerprint density at radius 1 is 1.29 bits per heavy atom. The smallest absolute Gasteiger partial charge is 0.285 e. The van der Waals surface area contributed by atoms with Gasteiger partial charge in [-0.25, -0.2) is 0 Å². The molecule has 0 N–H and O–H groups in total. The van der Waals surface area contributed by atoms with Gasteiger partial charge >= 0.3 is 0 Å². The Bertz CT molecular complexity index is 370. The van der Waals surface area contributed by atoms with Crippen LogP contribution in [0, 0.1) is 0 Å². The minimum Gasteiger partial charge on any atom is -0.465 e. The molecule has 0 aliphatic carbocycles. The topological polar surface area (TPSA) is 22.4 Å². The van der Waals surface area contributed by atoms with Gasteiger partial charge in [-0.2, -0.15) is 0 Å². The lowest BCUT2D eigenvalue weighted by atomic mass is 10.3. The van der Waals surface area contributed by atoms with E-state index in [1.165, 1.54) is 0 Å². The highest BCUT2D eigenvalue weighted by Crippen LogP contribution is 2.24. The maximum absolute atomic E-state index is 5.49.